The van der Waals surface area contributed by atoms with Crippen LogP contribution in [0.25, 0.3) is 0 Å². The van der Waals surface area contributed by atoms with Gasteiger partial charge in [-0.2, -0.15) is 0 Å². The number of rotatable bonds is 4. The molecule has 0 radical (unpaired) electrons. The van der Waals surface area contributed by atoms with Gasteiger partial charge in [0.25, 0.3) is 10.0 Å². The number of nitrogen functional groups attached to an aromatic ring is 1. The summed E-state index contributed by atoms with van der Waals surface area (Å²) in [6, 6.07) is 10.9. The Hall–Kier alpha value is -2.01. The van der Waals surface area contributed by atoms with Gasteiger partial charge in [0.05, 0.1) is 5.69 Å². The smallest absolute Gasteiger partial charge is 0.264 e. The second-order valence-electron chi connectivity index (χ2n) is 5.10. The predicted molar refractivity (Wildman–Crippen MR) is 87.0 cm³/mol. The van der Waals surface area contributed by atoms with Crippen molar-refractivity contribution >= 4 is 21.4 Å². The molecule has 2 rings (SSSR count). The van der Waals surface area contributed by atoms with Gasteiger partial charge in [0, 0.05) is 5.69 Å². The van der Waals surface area contributed by atoms with Gasteiger partial charge in [-0.25, -0.2) is 8.42 Å². The zero-order valence-electron chi connectivity index (χ0n) is 12.5. The zero-order valence-corrected chi connectivity index (χ0v) is 13.3. The second kappa shape index (κ2) is 5.77. The first-order valence-corrected chi connectivity index (χ1v) is 8.31. The Morgan fingerprint density at radius 2 is 1.57 bits per heavy atom. The third kappa shape index (κ3) is 3.19. The van der Waals surface area contributed by atoms with Gasteiger partial charge in [-0.15, -0.1) is 0 Å². The Morgan fingerprint density at radius 1 is 1.00 bits per heavy atom. The van der Waals surface area contributed by atoms with E-state index in [1.54, 1.807) is 32.0 Å². The van der Waals surface area contributed by atoms with E-state index in [0.717, 1.165) is 17.5 Å². The lowest BCUT2D eigenvalue weighted by molar-refractivity contribution is 0.601. The minimum atomic E-state index is -3.69. The number of aryl methyl sites for hydroxylation is 3. The molecule has 0 aliphatic carbocycles. The molecule has 0 unspecified atom stereocenters. The van der Waals surface area contributed by atoms with Crippen LogP contribution in [0.1, 0.15) is 23.6 Å². The van der Waals surface area contributed by atoms with E-state index in [9.17, 15) is 8.42 Å². The number of benzene rings is 2. The number of nitrogens with two attached hydrogens (primary N) is 1. The molecule has 0 aromatic heterocycles. The summed E-state index contributed by atoms with van der Waals surface area (Å²) in [4.78, 5) is 0.155. The van der Waals surface area contributed by atoms with Crippen LogP contribution < -0.4 is 10.5 Å². The van der Waals surface area contributed by atoms with Gasteiger partial charge >= 0.3 is 0 Å². The predicted octanol–water partition coefficient (Wildman–Crippen LogP) is 3.25. The van der Waals surface area contributed by atoms with Crippen molar-refractivity contribution in [1.82, 2.24) is 0 Å². The van der Waals surface area contributed by atoms with Crippen molar-refractivity contribution in [1.29, 1.82) is 0 Å². The normalized spacial score (nSPS) is 11.4. The molecular weight excluding hydrogens is 284 g/mol. The first-order valence-electron chi connectivity index (χ1n) is 6.82. The fourth-order valence-electron chi connectivity index (χ4n) is 2.18. The van der Waals surface area contributed by atoms with E-state index in [2.05, 4.69) is 11.6 Å². The molecule has 0 saturated heterocycles. The van der Waals surface area contributed by atoms with Crippen LogP contribution in [0.5, 0.6) is 0 Å². The van der Waals surface area contributed by atoms with Crippen LogP contribution >= 0.6 is 0 Å². The quantitative estimate of drug-likeness (QED) is 0.852. The van der Waals surface area contributed by atoms with Gasteiger partial charge in [-0.05, 0) is 49.1 Å². The highest BCUT2D eigenvalue weighted by Crippen LogP contribution is 2.27. The number of sulfonamides is 1. The third-order valence-corrected chi connectivity index (χ3v) is 5.08. The molecule has 0 heterocycles. The van der Waals surface area contributed by atoms with E-state index >= 15 is 0 Å². The Kier molecular flexibility index (Phi) is 4.23. The number of hydrogen-bond donors (Lipinski definition) is 2. The molecule has 2 aromatic carbocycles. The van der Waals surface area contributed by atoms with Crippen LogP contribution in [0.4, 0.5) is 11.4 Å². The average Bonchev–Trinajstić information content (AvgIpc) is 2.43. The third-order valence-electron chi connectivity index (χ3n) is 3.49. The van der Waals surface area contributed by atoms with Crippen molar-refractivity contribution < 1.29 is 8.42 Å². The van der Waals surface area contributed by atoms with Crippen molar-refractivity contribution in [3.05, 3.63) is 53.1 Å². The Balaban J connectivity index is 2.41. The number of hydrogen-bond acceptors (Lipinski definition) is 3. The minimum absolute atomic E-state index is 0.155. The lowest BCUT2D eigenvalue weighted by atomic mass is 10.1. The Labute approximate surface area is 126 Å². The van der Waals surface area contributed by atoms with Gasteiger partial charge in [-0.3, -0.25) is 4.72 Å². The maximum absolute atomic E-state index is 12.6. The SMILES string of the molecule is CCc1ccc(NS(=O)(=O)c2c(C)ccc(C)c2N)cc1. The molecule has 0 aliphatic rings. The molecule has 5 heteroatoms. The molecule has 4 nitrogen and oxygen atoms in total. The summed E-state index contributed by atoms with van der Waals surface area (Å²) in [5, 5.41) is 0. The summed E-state index contributed by atoms with van der Waals surface area (Å²) >= 11 is 0. The highest BCUT2D eigenvalue weighted by Gasteiger charge is 2.21. The van der Waals surface area contributed by atoms with Crippen LogP contribution in [-0.2, 0) is 16.4 Å². The molecule has 0 bridgehead atoms. The highest BCUT2D eigenvalue weighted by atomic mass is 32.2. The topological polar surface area (TPSA) is 72.2 Å². The standard InChI is InChI=1S/C16H20N2O2S/c1-4-13-7-9-14(10-8-13)18-21(19,20)16-12(3)6-5-11(2)15(16)17/h5-10,18H,4,17H2,1-3H3. The van der Waals surface area contributed by atoms with Gasteiger partial charge in [0.2, 0.25) is 0 Å². The zero-order chi connectivity index (χ0) is 15.6. The second-order valence-corrected chi connectivity index (χ2v) is 6.72. The summed E-state index contributed by atoms with van der Waals surface area (Å²) in [5.41, 5.74) is 9.33. The largest absolute Gasteiger partial charge is 0.397 e. The lowest BCUT2D eigenvalue weighted by Gasteiger charge is -2.14. The van der Waals surface area contributed by atoms with Crippen LogP contribution in [0.3, 0.4) is 0 Å². The van der Waals surface area contributed by atoms with Gasteiger partial charge in [-0.1, -0.05) is 31.2 Å². The molecular formula is C16H20N2O2S. The minimum Gasteiger partial charge on any atom is -0.397 e. The molecule has 0 atom stereocenters. The van der Waals surface area contributed by atoms with E-state index in [0.29, 0.717) is 16.9 Å². The van der Waals surface area contributed by atoms with Gasteiger partial charge in [0.15, 0.2) is 0 Å². The van der Waals surface area contributed by atoms with Crippen molar-refractivity contribution in [3.63, 3.8) is 0 Å². The molecule has 3 N–H and O–H groups in total. The maximum Gasteiger partial charge on any atom is 0.264 e. The van der Waals surface area contributed by atoms with Gasteiger partial charge in [0.1, 0.15) is 4.90 Å². The van der Waals surface area contributed by atoms with Crippen LogP contribution in [0, 0.1) is 13.8 Å². The summed E-state index contributed by atoms with van der Waals surface area (Å²) in [5.74, 6) is 0. The van der Waals surface area contributed by atoms with Crippen LogP contribution in [0.15, 0.2) is 41.3 Å². The highest BCUT2D eigenvalue weighted by molar-refractivity contribution is 7.93. The maximum atomic E-state index is 12.6. The number of anilines is 2. The first-order chi connectivity index (χ1) is 9.85. The van der Waals surface area contributed by atoms with Crippen molar-refractivity contribution in [2.75, 3.05) is 10.5 Å². The molecule has 0 fully saturated rings. The van der Waals surface area contributed by atoms with Crippen molar-refractivity contribution in [3.8, 4) is 0 Å². The summed E-state index contributed by atoms with van der Waals surface area (Å²) in [6.07, 6.45) is 0.914. The molecule has 0 spiro atoms. The van der Waals surface area contributed by atoms with Crippen LogP contribution in [-0.4, -0.2) is 8.42 Å². The lowest BCUT2D eigenvalue weighted by Crippen LogP contribution is -2.16. The molecule has 112 valence electrons. The Morgan fingerprint density at radius 3 is 2.14 bits per heavy atom. The van der Waals surface area contributed by atoms with E-state index in [-0.39, 0.29) is 4.90 Å². The van der Waals surface area contributed by atoms with E-state index in [4.69, 9.17) is 5.73 Å². The fourth-order valence-corrected chi connectivity index (χ4v) is 3.67. The Bertz CT molecular complexity index is 751. The molecule has 2 aromatic rings. The van der Waals surface area contributed by atoms with E-state index < -0.39 is 10.0 Å². The van der Waals surface area contributed by atoms with Crippen molar-refractivity contribution in [2.24, 2.45) is 0 Å². The first kappa shape index (κ1) is 15.4. The number of nitrogens with one attached hydrogen (secondary N) is 1. The molecule has 0 amide bonds. The average molecular weight is 304 g/mol. The van der Waals surface area contributed by atoms with Crippen LogP contribution in [0.2, 0.25) is 0 Å². The summed E-state index contributed by atoms with van der Waals surface area (Å²) < 4.78 is 27.7. The fraction of sp³-hybridized carbons (Fsp3) is 0.250. The molecule has 0 saturated carbocycles. The summed E-state index contributed by atoms with van der Waals surface area (Å²) in [7, 11) is -3.69. The van der Waals surface area contributed by atoms with E-state index in [1.165, 1.54) is 0 Å². The molecule has 0 aliphatic heterocycles. The monoisotopic (exact) mass is 304 g/mol. The molecule has 21 heavy (non-hydrogen) atoms. The van der Waals surface area contributed by atoms with Gasteiger partial charge < -0.3 is 5.73 Å². The van der Waals surface area contributed by atoms with E-state index in [1.807, 2.05) is 18.2 Å². The van der Waals surface area contributed by atoms with Crippen molar-refractivity contribution in [2.45, 2.75) is 32.1 Å². The summed E-state index contributed by atoms with van der Waals surface area (Å²) in [6.45, 7) is 5.59.